The van der Waals surface area contributed by atoms with E-state index in [-0.39, 0.29) is 11.8 Å². The number of hydrogen-bond donors (Lipinski definition) is 4. The van der Waals surface area contributed by atoms with Crippen LogP contribution in [0.25, 0.3) is 0 Å². The lowest BCUT2D eigenvalue weighted by Gasteiger charge is -2.42. The summed E-state index contributed by atoms with van der Waals surface area (Å²) in [6.07, 6.45) is -3.36. The molecule has 1 saturated heterocycles. The Morgan fingerprint density at radius 2 is 1.67 bits per heavy atom. The lowest BCUT2D eigenvalue weighted by molar-refractivity contribution is -0.108. The summed E-state index contributed by atoms with van der Waals surface area (Å²) in [5, 5.41) is 45.6. The van der Waals surface area contributed by atoms with Gasteiger partial charge in [0, 0.05) is 51.3 Å². The van der Waals surface area contributed by atoms with Gasteiger partial charge in [0.1, 0.15) is 18.3 Å². The highest BCUT2D eigenvalue weighted by Gasteiger charge is 2.37. The molecule has 1 aliphatic heterocycles. The van der Waals surface area contributed by atoms with Crippen molar-refractivity contribution in [3.63, 3.8) is 0 Å². The molecule has 1 amide bonds. The summed E-state index contributed by atoms with van der Waals surface area (Å²) in [6, 6.07) is 16.3. The quantitative estimate of drug-likeness (QED) is 0.227. The van der Waals surface area contributed by atoms with Crippen molar-refractivity contribution in [3.05, 3.63) is 92.1 Å². The van der Waals surface area contributed by atoms with Gasteiger partial charge in [0.2, 0.25) is 0 Å². The van der Waals surface area contributed by atoms with Gasteiger partial charge in [-0.3, -0.25) is 9.69 Å². The van der Waals surface area contributed by atoms with Gasteiger partial charge in [0.25, 0.3) is 5.91 Å². The van der Waals surface area contributed by atoms with Crippen LogP contribution in [0.15, 0.2) is 65.4 Å². The van der Waals surface area contributed by atoms with Gasteiger partial charge in [0.05, 0.1) is 22.7 Å². The van der Waals surface area contributed by atoms with Gasteiger partial charge in [-0.15, -0.1) is 0 Å². The summed E-state index contributed by atoms with van der Waals surface area (Å²) < 4.78 is 0. The first kappa shape index (κ1) is 32.9. The highest BCUT2D eigenvalue weighted by atomic mass is 35.5. The van der Waals surface area contributed by atoms with Crippen LogP contribution in [-0.2, 0) is 0 Å². The fourth-order valence-electron chi connectivity index (χ4n) is 5.54. The average Bonchev–Trinajstić information content (AvgIpc) is 3.55. The summed E-state index contributed by atoms with van der Waals surface area (Å²) in [7, 11) is 1.82. The molecule has 42 heavy (non-hydrogen) atoms. The second-order valence-electron chi connectivity index (χ2n) is 10.8. The molecule has 0 aliphatic carbocycles. The molecule has 11 heteroatoms. The number of halogens is 2. The molecule has 3 aromatic rings. The first-order valence-corrected chi connectivity index (χ1v) is 15.8. The minimum Gasteiger partial charge on any atom is -0.394 e. The Balaban J connectivity index is 1.41. The lowest BCUT2D eigenvalue weighted by atomic mass is 9.93. The monoisotopic (exact) mass is 635 g/mol. The zero-order valence-corrected chi connectivity index (χ0v) is 25.9. The molecule has 4 rings (SSSR count). The average molecular weight is 637 g/mol. The number of nitrogens with zero attached hydrogens (tertiary/aromatic N) is 3. The summed E-state index contributed by atoms with van der Waals surface area (Å²) in [5.74, 6) is -0.00763. The van der Waals surface area contributed by atoms with E-state index in [4.69, 9.17) is 23.2 Å². The first-order valence-electron chi connectivity index (χ1n) is 14.1. The number of amides is 1. The SMILES string of the molecule is CN(C[C@@H](CCN1CCN(C(c2ccsc2)[C@@H](O)[C@@H](O)[C@H](O)CO)CC1)c1ccc(Cl)c(Cl)c1)C(=O)c1ccccc1. The highest BCUT2D eigenvalue weighted by molar-refractivity contribution is 7.08. The van der Waals surface area contributed by atoms with Crippen LogP contribution >= 0.6 is 34.5 Å². The molecule has 0 saturated carbocycles. The van der Waals surface area contributed by atoms with Crippen LogP contribution in [-0.4, -0.2) is 112 Å². The third kappa shape index (κ3) is 8.31. The van der Waals surface area contributed by atoms with Gasteiger partial charge in [-0.25, -0.2) is 0 Å². The molecule has 1 aliphatic rings. The number of carbonyl (C=O) groups excluding carboxylic acids is 1. The minimum atomic E-state index is -1.47. The molecule has 4 N–H and O–H groups in total. The van der Waals surface area contributed by atoms with Crippen molar-refractivity contribution >= 4 is 40.4 Å². The number of benzene rings is 2. The van der Waals surface area contributed by atoms with Crippen molar-refractivity contribution in [2.45, 2.75) is 36.7 Å². The van der Waals surface area contributed by atoms with Crippen LogP contribution in [0.2, 0.25) is 10.0 Å². The van der Waals surface area contributed by atoms with Gasteiger partial charge in [-0.1, -0.05) is 47.5 Å². The molecular formula is C31H39Cl2N3O5S. The van der Waals surface area contributed by atoms with Crippen molar-refractivity contribution in [1.29, 1.82) is 0 Å². The molecule has 0 radical (unpaired) electrons. The molecule has 0 bridgehead atoms. The predicted octanol–water partition coefficient (Wildman–Crippen LogP) is 3.73. The molecule has 0 spiro atoms. The maximum absolute atomic E-state index is 13.1. The van der Waals surface area contributed by atoms with Crippen LogP contribution in [0.4, 0.5) is 0 Å². The zero-order chi connectivity index (χ0) is 30.2. The summed E-state index contributed by atoms with van der Waals surface area (Å²) in [4.78, 5) is 19.3. The van der Waals surface area contributed by atoms with Crippen LogP contribution in [0.5, 0.6) is 0 Å². The Bertz CT molecular complexity index is 1260. The fourth-order valence-corrected chi connectivity index (χ4v) is 6.53. The standard InChI is InChI=1S/C31H39Cl2N3O5S/c1-34(31(41)21-5-3-2-4-6-21)18-23(22-7-8-25(32)26(33)17-22)9-11-35-12-14-36(15-13-35)28(24-10-16-42-20-24)30(40)29(39)27(38)19-37/h2-8,10,16-17,20,23,27-30,37-40H,9,11-15,18-19H2,1H3/t23-,27-,28?,29+,30-/m1/s1. The molecule has 1 aromatic heterocycles. The van der Waals surface area contributed by atoms with Crippen molar-refractivity contribution < 1.29 is 25.2 Å². The number of piperazine rings is 1. The second-order valence-corrected chi connectivity index (χ2v) is 12.4. The number of rotatable bonds is 13. The van der Waals surface area contributed by atoms with E-state index in [1.165, 1.54) is 11.3 Å². The Kier molecular flexibility index (Phi) is 12.2. The first-order chi connectivity index (χ1) is 20.2. The van der Waals surface area contributed by atoms with E-state index in [1.54, 1.807) is 11.0 Å². The van der Waals surface area contributed by atoms with E-state index in [9.17, 15) is 25.2 Å². The van der Waals surface area contributed by atoms with Crippen molar-refractivity contribution in [2.24, 2.45) is 0 Å². The molecular weight excluding hydrogens is 597 g/mol. The maximum Gasteiger partial charge on any atom is 0.253 e. The normalized spacial score (nSPS) is 18.3. The Hall–Kier alpha value is -2.05. The molecule has 8 nitrogen and oxygen atoms in total. The predicted molar refractivity (Wildman–Crippen MR) is 167 cm³/mol. The molecule has 1 unspecified atom stereocenters. The van der Waals surface area contributed by atoms with Crippen molar-refractivity contribution in [1.82, 2.24) is 14.7 Å². The van der Waals surface area contributed by atoms with Gasteiger partial charge in [-0.2, -0.15) is 11.3 Å². The molecule has 1 fully saturated rings. The van der Waals surface area contributed by atoms with Crippen molar-refractivity contribution in [3.8, 4) is 0 Å². The summed E-state index contributed by atoms with van der Waals surface area (Å²) >= 11 is 14.1. The van der Waals surface area contributed by atoms with E-state index in [2.05, 4.69) is 9.80 Å². The van der Waals surface area contributed by atoms with E-state index in [0.717, 1.165) is 37.2 Å². The van der Waals surface area contributed by atoms with Crippen molar-refractivity contribution in [2.75, 3.05) is 52.9 Å². The number of carbonyl (C=O) groups is 1. The topological polar surface area (TPSA) is 108 Å². The fraction of sp³-hybridized carbons (Fsp3) is 0.452. The summed E-state index contributed by atoms with van der Waals surface area (Å²) in [5.41, 5.74) is 2.53. The number of aliphatic hydroxyl groups is 4. The minimum absolute atomic E-state index is 0.0333. The Morgan fingerprint density at radius 3 is 2.29 bits per heavy atom. The van der Waals surface area contributed by atoms with E-state index in [0.29, 0.717) is 35.2 Å². The third-order valence-electron chi connectivity index (χ3n) is 8.01. The van der Waals surface area contributed by atoms with Crippen LogP contribution in [0, 0.1) is 0 Å². The summed E-state index contributed by atoms with van der Waals surface area (Å²) in [6.45, 7) is 3.49. The Labute approximate surface area is 261 Å². The molecule has 228 valence electrons. The molecule has 2 aromatic carbocycles. The van der Waals surface area contributed by atoms with E-state index < -0.39 is 31.0 Å². The Morgan fingerprint density at radius 1 is 0.952 bits per heavy atom. The van der Waals surface area contributed by atoms with Gasteiger partial charge in [0.15, 0.2) is 0 Å². The maximum atomic E-state index is 13.1. The highest BCUT2D eigenvalue weighted by Crippen LogP contribution is 2.32. The van der Waals surface area contributed by atoms with Gasteiger partial charge < -0.3 is 30.2 Å². The number of likely N-dealkylation sites (N-methyl/N-ethyl adjacent to an activating group) is 1. The molecule has 5 atom stereocenters. The largest absolute Gasteiger partial charge is 0.394 e. The van der Waals surface area contributed by atoms with Crippen LogP contribution < -0.4 is 0 Å². The van der Waals surface area contributed by atoms with Gasteiger partial charge in [-0.05, 0) is 65.2 Å². The van der Waals surface area contributed by atoms with E-state index in [1.807, 2.05) is 66.3 Å². The third-order valence-corrected chi connectivity index (χ3v) is 9.45. The van der Waals surface area contributed by atoms with Crippen LogP contribution in [0.3, 0.4) is 0 Å². The number of aliphatic hydroxyl groups excluding tert-OH is 4. The smallest absolute Gasteiger partial charge is 0.253 e. The number of thiophene rings is 1. The second kappa shape index (κ2) is 15.6. The van der Waals surface area contributed by atoms with E-state index >= 15 is 0 Å². The zero-order valence-electron chi connectivity index (χ0n) is 23.6. The molecule has 2 heterocycles. The lowest BCUT2D eigenvalue weighted by Crippen LogP contribution is -2.53. The van der Waals surface area contributed by atoms with Crippen LogP contribution in [0.1, 0.15) is 39.9 Å². The van der Waals surface area contributed by atoms with Gasteiger partial charge >= 0.3 is 0 Å². The number of hydrogen-bond acceptors (Lipinski definition) is 8.